The van der Waals surface area contributed by atoms with E-state index in [9.17, 15) is 19.2 Å². The Morgan fingerprint density at radius 1 is 0.583 bits per heavy atom. The van der Waals surface area contributed by atoms with Gasteiger partial charge in [0.1, 0.15) is 0 Å². The minimum Gasteiger partial charge on any atom is -0.333 e. The summed E-state index contributed by atoms with van der Waals surface area (Å²) in [6, 6.07) is 0. The van der Waals surface area contributed by atoms with Gasteiger partial charge < -0.3 is 19.4 Å². The molecule has 120 valence electrons. The van der Waals surface area contributed by atoms with Gasteiger partial charge in [0.2, 0.25) is 0 Å². The minimum absolute atomic E-state index is 0. The second kappa shape index (κ2) is 21.6. The molecule has 0 saturated carbocycles. The maximum atomic E-state index is 10.8. The molecule has 0 saturated heterocycles. The molecule has 0 amide bonds. The molecule has 0 aromatic rings. The van der Waals surface area contributed by atoms with Crippen molar-refractivity contribution in [2.24, 2.45) is 0 Å². The third-order valence-corrected chi connectivity index (χ3v) is 1.39. The Bertz CT molecular complexity index is 335. The van der Waals surface area contributed by atoms with Crippen molar-refractivity contribution >= 4 is 158 Å². The standard InChI is InChI=1S/C10H16N2O8.2Ca.2Na/c1-7(13)17-11(18-8(2)14)5-6-12(19-9(3)15)20-10(4)16;;;;/h5-6H2,1-4H3;;;;. The Balaban J connectivity index is -0.000000301. The molecular weight excluding hydrogens is 402 g/mol. The van der Waals surface area contributed by atoms with Gasteiger partial charge in [0.25, 0.3) is 0 Å². The number of carbonyl (C=O) groups is 4. The minimum atomic E-state index is -0.724. The molecule has 24 heavy (non-hydrogen) atoms. The molecule has 0 aliphatic carbocycles. The molecule has 0 N–H and O–H groups in total. The normalized spacial score (nSPS) is 8.42. The van der Waals surface area contributed by atoms with Crippen molar-refractivity contribution in [2.75, 3.05) is 13.1 Å². The summed E-state index contributed by atoms with van der Waals surface area (Å²) in [5.41, 5.74) is 0. The fourth-order valence-corrected chi connectivity index (χ4v) is 0.957. The van der Waals surface area contributed by atoms with Crippen LogP contribution in [0.1, 0.15) is 27.7 Å². The van der Waals surface area contributed by atoms with Gasteiger partial charge in [-0.3, -0.25) is 19.2 Å². The molecule has 14 heteroatoms. The average molecular weight is 418 g/mol. The Kier molecular flexibility index (Phi) is 33.4. The van der Waals surface area contributed by atoms with E-state index in [0.717, 1.165) is 27.7 Å². The Hall–Kier alpha value is 2.32. The van der Waals surface area contributed by atoms with Crippen molar-refractivity contribution in [1.29, 1.82) is 0 Å². The van der Waals surface area contributed by atoms with Crippen molar-refractivity contribution in [1.82, 2.24) is 10.5 Å². The second-order valence-corrected chi connectivity index (χ2v) is 3.44. The molecule has 0 rings (SSSR count). The van der Waals surface area contributed by atoms with Crippen LogP contribution in [-0.4, -0.2) is 182 Å². The van der Waals surface area contributed by atoms with Gasteiger partial charge in [0.05, 0.1) is 13.1 Å². The van der Waals surface area contributed by atoms with Gasteiger partial charge in [-0.15, -0.1) is 0 Å². The number of carbonyl (C=O) groups excluding carboxylic acids is 4. The number of hydroxylamine groups is 4. The molecule has 0 unspecified atom stereocenters. The summed E-state index contributed by atoms with van der Waals surface area (Å²) in [5, 5.41) is 1.15. The molecule has 0 spiro atoms. The Morgan fingerprint density at radius 2 is 0.750 bits per heavy atom. The van der Waals surface area contributed by atoms with Crippen LogP contribution in [0.25, 0.3) is 0 Å². The van der Waals surface area contributed by atoms with Gasteiger partial charge in [0.15, 0.2) is 0 Å². The van der Waals surface area contributed by atoms with Crippen molar-refractivity contribution in [3.63, 3.8) is 0 Å². The van der Waals surface area contributed by atoms with E-state index in [4.69, 9.17) is 0 Å². The third-order valence-electron chi connectivity index (χ3n) is 1.39. The van der Waals surface area contributed by atoms with Crippen LogP contribution < -0.4 is 0 Å². The molecule has 0 fully saturated rings. The molecule has 10 nitrogen and oxygen atoms in total. The second-order valence-electron chi connectivity index (χ2n) is 3.44. The van der Waals surface area contributed by atoms with Gasteiger partial charge >= 0.3 is 23.9 Å². The van der Waals surface area contributed by atoms with E-state index in [1.165, 1.54) is 0 Å². The van der Waals surface area contributed by atoms with E-state index >= 15 is 0 Å². The van der Waals surface area contributed by atoms with Crippen molar-refractivity contribution < 1.29 is 38.5 Å². The summed E-state index contributed by atoms with van der Waals surface area (Å²) in [6.45, 7) is 3.97. The van der Waals surface area contributed by atoms with Crippen LogP contribution >= 0.6 is 0 Å². The van der Waals surface area contributed by atoms with E-state index in [2.05, 4.69) is 19.4 Å². The third kappa shape index (κ3) is 24.3. The smallest absolute Gasteiger partial charge is 0.326 e. The summed E-state index contributed by atoms with van der Waals surface area (Å²) in [5.74, 6) is -2.90. The zero-order valence-corrected chi connectivity index (χ0v) is 23.4. The predicted molar refractivity (Wildman–Crippen MR) is 83.5 cm³/mol. The van der Waals surface area contributed by atoms with E-state index < -0.39 is 23.9 Å². The fraction of sp³-hybridized carbons (Fsp3) is 0.600. The molecule has 0 aromatic carbocycles. The molecule has 0 aliphatic rings. The van der Waals surface area contributed by atoms with Crippen LogP contribution in [0.5, 0.6) is 0 Å². The molecule has 0 bridgehead atoms. The molecule has 0 aliphatic heterocycles. The largest absolute Gasteiger partial charge is 0.333 e. The van der Waals surface area contributed by atoms with Crippen LogP contribution in [0.4, 0.5) is 0 Å². The van der Waals surface area contributed by atoms with E-state index in [1.807, 2.05) is 0 Å². The molecule has 0 atom stereocenters. The number of hydrogen-bond donors (Lipinski definition) is 0. The van der Waals surface area contributed by atoms with Crippen LogP contribution in [0.3, 0.4) is 0 Å². The summed E-state index contributed by atoms with van der Waals surface area (Å²) < 4.78 is 0. The van der Waals surface area contributed by atoms with Crippen molar-refractivity contribution in [2.45, 2.75) is 27.7 Å². The van der Waals surface area contributed by atoms with Crippen molar-refractivity contribution in [3.8, 4) is 0 Å². The zero-order valence-electron chi connectivity index (χ0n) is 15.0. The van der Waals surface area contributed by atoms with Crippen LogP contribution in [-0.2, 0) is 38.5 Å². The summed E-state index contributed by atoms with van der Waals surface area (Å²) in [6.07, 6.45) is 0. The average Bonchev–Trinajstić information content (AvgIpc) is 2.22. The summed E-state index contributed by atoms with van der Waals surface area (Å²) in [4.78, 5) is 61.4. The van der Waals surface area contributed by atoms with Crippen LogP contribution in [0, 0.1) is 0 Å². The van der Waals surface area contributed by atoms with Gasteiger partial charge in [-0.25, -0.2) is 0 Å². The van der Waals surface area contributed by atoms with E-state index in [-0.39, 0.29) is 148 Å². The molecule has 6 radical (unpaired) electrons. The zero-order chi connectivity index (χ0) is 15.7. The fourth-order valence-electron chi connectivity index (χ4n) is 0.957. The van der Waals surface area contributed by atoms with Gasteiger partial charge in [0, 0.05) is 173 Å². The quantitative estimate of drug-likeness (QED) is 0.339. The maximum Gasteiger partial charge on any atom is 0.326 e. The van der Waals surface area contributed by atoms with Crippen LogP contribution in [0.15, 0.2) is 0 Å². The van der Waals surface area contributed by atoms with Crippen molar-refractivity contribution in [3.05, 3.63) is 0 Å². The number of rotatable bonds is 7. The first-order valence-electron chi connectivity index (χ1n) is 5.50. The first kappa shape index (κ1) is 37.1. The topological polar surface area (TPSA) is 112 Å². The predicted octanol–water partition coefficient (Wildman–Crippen LogP) is -2.02. The molecule has 0 aromatic heterocycles. The Labute approximate surface area is 244 Å². The number of hydrogen-bond acceptors (Lipinski definition) is 10. The monoisotopic (exact) mass is 418 g/mol. The first-order valence-corrected chi connectivity index (χ1v) is 5.50. The SMILES string of the molecule is CC(=O)ON(CCN(OC(C)=O)OC(C)=O)OC(C)=O.[Ca].[Ca].[Na].[Na]. The van der Waals surface area contributed by atoms with Gasteiger partial charge in [-0.2, -0.15) is 0 Å². The number of nitrogens with zero attached hydrogens (tertiary/aromatic N) is 2. The molecule has 0 heterocycles. The first-order chi connectivity index (χ1) is 9.20. The van der Waals surface area contributed by atoms with E-state index in [1.54, 1.807) is 0 Å². The Morgan fingerprint density at radius 3 is 0.875 bits per heavy atom. The van der Waals surface area contributed by atoms with Crippen LogP contribution in [0.2, 0.25) is 0 Å². The summed E-state index contributed by atoms with van der Waals surface area (Å²) in [7, 11) is 0. The van der Waals surface area contributed by atoms with E-state index in [0.29, 0.717) is 10.5 Å². The van der Waals surface area contributed by atoms with Gasteiger partial charge in [-0.05, 0) is 0 Å². The maximum absolute atomic E-state index is 10.8. The van der Waals surface area contributed by atoms with Gasteiger partial charge in [-0.1, -0.05) is 0 Å². The molecular formula is C10H16Ca2N2Na2O8. The summed E-state index contributed by atoms with van der Waals surface area (Å²) >= 11 is 0.